The summed E-state index contributed by atoms with van der Waals surface area (Å²) in [6, 6.07) is -0.440. The third-order valence-electron chi connectivity index (χ3n) is 8.18. The lowest BCUT2D eigenvalue weighted by Gasteiger charge is -2.37. The van der Waals surface area contributed by atoms with Crippen LogP contribution < -0.4 is 21.3 Å². The smallest absolute Gasteiger partial charge is 0.255 e. The van der Waals surface area contributed by atoms with Crippen molar-refractivity contribution in [3.63, 3.8) is 0 Å². The van der Waals surface area contributed by atoms with Gasteiger partial charge in [0.05, 0.1) is 29.7 Å². The van der Waals surface area contributed by atoms with Crippen molar-refractivity contribution in [2.75, 3.05) is 0 Å². The third-order valence-corrected chi connectivity index (χ3v) is 8.18. The highest BCUT2D eigenvalue weighted by molar-refractivity contribution is 6.00. The molecule has 1 saturated carbocycles. The minimum atomic E-state index is -2.40. The van der Waals surface area contributed by atoms with E-state index >= 15 is 0 Å². The molecule has 0 spiro atoms. The predicted molar refractivity (Wildman–Crippen MR) is 143 cm³/mol. The van der Waals surface area contributed by atoms with Crippen molar-refractivity contribution in [3.05, 3.63) is 64.5 Å². The van der Waals surface area contributed by atoms with Crippen molar-refractivity contribution in [2.45, 2.75) is 69.8 Å². The van der Waals surface area contributed by atoms with Crippen LogP contribution in [-0.2, 0) is 20.8 Å². The first kappa shape index (κ1) is 32.6. The van der Waals surface area contributed by atoms with E-state index in [-0.39, 0.29) is 11.5 Å². The molecule has 4 amide bonds. The first-order valence-corrected chi connectivity index (χ1v) is 13.9. The van der Waals surface area contributed by atoms with Crippen LogP contribution in [0, 0.1) is 40.9 Å². The van der Waals surface area contributed by atoms with Gasteiger partial charge in [-0.15, -0.1) is 0 Å². The number of carbonyl (C=O) groups excluding carboxylic acids is 4. The highest BCUT2D eigenvalue weighted by Gasteiger charge is 2.42. The zero-order valence-corrected chi connectivity index (χ0v) is 23.6. The summed E-state index contributed by atoms with van der Waals surface area (Å²) < 4.78 is 71.0. The lowest BCUT2D eigenvalue weighted by atomic mass is 9.78. The molecule has 15 heteroatoms. The Kier molecular flexibility index (Phi) is 9.76. The van der Waals surface area contributed by atoms with Crippen LogP contribution >= 0.6 is 0 Å². The Balaban J connectivity index is 1.75. The van der Waals surface area contributed by atoms with Crippen molar-refractivity contribution >= 4 is 23.6 Å². The van der Waals surface area contributed by atoms with Gasteiger partial charge in [-0.25, -0.2) is 22.0 Å². The van der Waals surface area contributed by atoms with Crippen molar-refractivity contribution in [2.24, 2.45) is 11.8 Å². The molecule has 1 saturated heterocycles. The lowest BCUT2D eigenvalue weighted by molar-refractivity contribution is -0.137. The Morgan fingerprint density at radius 2 is 1.45 bits per heavy atom. The number of aromatic hydroxyl groups is 1. The first-order valence-electron chi connectivity index (χ1n) is 13.9. The Morgan fingerprint density at radius 3 is 2.02 bits per heavy atom. The van der Waals surface area contributed by atoms with Crippen LogP contribution in [-0.4, -0.2) is 64.1 Å². The molecule has 2 aromatic carbocycles. The van der Waals surface area contributed by atoms with Crippen molar-refractivity contribution < 1.29 is 51.3 Å². The SMILES string of the molecule is C[C@H]1NC(=O)C(C2CCC2)NC(=O)[C@H](C)[C@H](O)[C@H](Cc2c(F)c(F)c(F)c(F)c2F)NC(=O)[C@H]1NC(=O)c1ccccc1O. The van der Waals surface area contributed by atoms with Crippen LogP contribution in [0.5, 0.6) is 5.75 Å². The minimum Gasteiger partial charge on any atom is -0.507 e. The molecule has 1 heterocycles. The molecule has 1 unspecified atom stereocenters. The second-order valence-corrected chi connectivity index (χ2v) is 11.1. The van der Waals surface area contributed by atoms with Crippen LogP contribution in [0.4, 0.5) is 22.0 Å². The summed E-state index contributed by atoms with van der Waals surface area (Å²) in [6.45, 7) is 2.54. The van der Waals surface area contributed by atoms with Gasteiger partial charge < -0.3 is 31.5 Å². The number of carbonyl (C=O) groups is 4. The second kappa shape index (κ2) is 13.2. The Bertz CT molecular complexity index is 1440. The number of hydrogen-bond donors (Lipinski definition) is 6. The number of rotatable bonds is 5. The van der Waals surface area contributed by atoms with Gasteiger partial charge in [-0.3, -0.25) is 19.2 Å². The number of amides is 4. The summed E-state index contributed by atoms with van der Waals surface area (Å²) >= 11 is 0. The molecule has 6 atom stereocenters. The standard InChI is InChI=1S/C29H31F5N4O6/c1-11-25(40)16(10-15-18(30)20(32)22(34)21(33)19(15)31)36-28(43)23(37-27(42)14-8-3-4-9-17(14)39)12(2)35-29(44)24(38-26(11)41)13-6-5-7-13/h3-4,8-9,11-13,16,23-25,39-40H,5-7,10H2,1-2H3,(H,35,44)(H,36,43)(H,37,42)(H,38,41)/t11-,12-,16+,23+,24?,25+/m1/s1. The second-order valence-electron chi connectivity index (χ2n) is 11.1. The van der Waals surface area contributed by atoms with Crippen molar-refractivity contribution in [3.8, 4) is 5.75 Å². The molecule has 1 aliphatic heterocycles. The monoisotopic (exact) mass is 626 g/mol. The van der Waals surface area contributed by atoms with Gasteiger partial charge in [0.15, 0.2) is 23.3 Å². The van der Waals surface area contributed by atoms with Gasteiger partial charge in [-0.2, -0.15) is 0 Å². The number of aliphatic hydroxyl groups excluding tert-OH is 1. The number of hydrogen-bond acceptors (Lipinski definition) is 6. The molecule has 10 nitrogen and oxygen atoms in total. The van der Waals surface area contributed by atoms with Crippen LogP contribution in [0.3, 0.4) is 0 Å². The van der Waals surface area contributed by atoms with Crippen LogP contribution in [0.15, 0.2) is 24.3 Å². The number of halogens is 5. The fourth-order valence-electron chi connectivity index (χ4n) is 5.24. The van der Waals surface area contributed by atoms with Crippen LogP contribution in [0.25, 0.3) is 0 Å². The average Bonchev–Trinajstić information content (AvgIpc) is 2.96. The molecule has 44 heavy (non-hydrogen) atoms. The summed E-state index contributed by atoms with van der Waals surface area (Å²) in [5, 5.41) is 31.0. The molecule has 2 fully saturated rings. The Labute approximate surface area is 248 Å². The molecule has 2 aliphatic rings. The molecule has 4 rings (SSSR count). The minimum absolute atomic E-state index is 0.240. The average molecular weight is 627 g/mol. The van der Waals surface area contributed by atoms with Crippen LogP contribution in [0.2, 0.25) is 0 Å². The number of aliphatic hydroxyl groups is 1. The van der Waals surface area contributed by atoms with Crippen LogP contribution in [0.1, 0.15) is 49.0 Å². The normalized spacial score (nSPS) is 26.8. The van der Waals surface area contributed by atoms with Gasteiger partial charge in [-0.05, 0) is 37.8 Å². The molecule has 0 aromatic heterocycles. The zero-order valence-electron chi connectivity index (χ0n) is 23.6. The molecule has 238 valence electrons. The summed E-state index contributed by atoms with van der Waals surface area (Å²) in [5.41, 5.74) is -1.59. The zero-order chi connectivity index (χ0) is 32.5. The fourth-order valence-corrected chi connectivity index (χ4v) is 5.24. The summed E-state index contributed by atoms with van der Waals surface area (Å²) in [6.07, 6.45) is -1.17. The Morgan fingerprint density at radius 1 is 0.864 bits per heavy atom. The van der Waals surface area contributed by atoms with Crippen molar-refractivity contribution in [1.29, 1.82) is 0 Å². The summed E-state index contributed by atoms with van der Waals surface area (Å²) in [7, 11) is 0. The van der Waals surface area contributed by atoms with E-state index in [0.29, 0.717) is 12.8 Å². The van der Waals surface area contributed by atoms with E-state index in [0.717, 1.165) is 6.42 Å². The number of nitrogens with one attached hydrogen (secondary N) is 4. The number of para-hydroxylation sites is 1. The molecule has 6 N–H and O–H groups in total. The van der Waals surface area contributed by atoms with E-state index in [2.05, 4.69) is 21.3 Å². The van der Waals surface area contributed by atoms with E-state index in [1.54, 1.807) is 0 Å². The number of benzene rings is 2. The first-order chi connectivity index (χ1) is 20.7. The van der Waals surface area contributed by atoms with Crippen molar-refractivity contribution in [1.82, 2.24) is 21.3 Å². The Hall–Kier alpha value is -4.27. The van der Waals surface area contributed by atoms with E-state index in [1.165, 1.54) is 38.1 Å². The van der Waals surface area contributed by atoms with Gasteiger partial charge in [0.25, 0.3) is 5.91 Å². The van der Waals surface area contributed by atoms with Gasteiger partial charge in [0.1, 0.15) is 17.8 Å². The molecule has 0 bridgehead atoms. The molecular formula is C29H31F5N4O6. The lowest BCUT2D eigenvalue weighted by Crippen LogP contribution is -2.64. The van der Waals surface area contributed by atoms with E-state index in [9.17, 15) is 51.3 Å². The maximum atomic E-state index is 14.6. The van der Waals surface area contributed by atoms with Gasteiger partial charge in [0, 0.05) is 12.0 Å². The molecular weight excluding hydrogens is 595 g/mol. The summed E-state index contributed by atoms with van der Waals surface area (Å²) in [5.74, 6) is -17.1. The summed E-state index contributed by atoms with van der Waals surface area (Å²) in [4.78, 5) is 53.1. The maximum Gasteiger partial charge on any atom is 0.255 e. The molecule has 0 radical (unpaired) electrons. The highest BCUT2D eigenvalue weighted by atomic mass is 19.2. The predicted octanol–water partition coefficient (Wildman–Crippen LogP) is 1.71. The number of phenolic OH excluding ortho intramolecular Hbond substituents is 1. The van der Waals surface area contributed by atoms with E-state index < -0.39 is 107 Å². The maximum absolute atomic E-state index is 14.6. The highest BCUT2D eigenvalue weighted by Crippen LogP contribution is 2.31. The van der Waals surface area contributed by atoms with Gasteiger partial charge >= 0.3 is 0 Å². The molecule has 2 aromatic rings. The van der Waals surface area contributed by atoms with E-state index in [1.807, 2.05) is 0 Å². The quantitative estimate of drug-likeness (QED) is 0.169. The van der Waals surface area contributed by atoms with E-state index in [4.69, 9.17) is 0 Å². The largest absolute Gasteiger partial charge is 0.507 e. The fraction of sp³-hybridized carbons (Fsp3) is 0.448. The molecule has 1 aliphatic carbocycles. The number of phenols is 1. The van der Waals surface area contributed by atoms with Gasteiger partial charge in [-0.1, -0.05) is 25.5 Å². The third kappa shape index (κ3) is 6.47. The van der Waals surface area contributed by atoms with Gasteiger partial charge in [0.2, 0.25) is 23.5 Å². The topological polar surface area (TPSA) is 157 Å².